The third-order valence-corrected chi connectivity index (χ3v) is 5.56. The van der Waals surface area contributed by atoms with E-state index in [1.807, 2.05) is 6.07 Å². The summed E-state index contributed by atoms with van der Waals surface area (Å²) in [4.78, 5) is 14.9. The van der Waals surface area contributed by atoms with Crippen molar-refractivity contribution in [2.45, 2.75) is 6.18 Å². The number of hydrogen-bond acceptors (Lipinski definition) is 5. The van der Waals surface area contributed by atoms with Crippen molar-refractivity contribution in [1.82, 2.24) is 14.7 Å². The number of aromatic nitrogens is 2. The van der Waals surface area contributed by atoms with Crippen LogP contribution in [0.4, 0.5) is 18.9 Å². The molecule has 2 heterocycles. The molecular weight excluding hydrogens is 449 g/mol. The van der Waals surface area contributed by atoms with Crippen LogP contribution in [0.3, 0.4) is 0 Å². The molecule has 1 saturated heterocycles. The first-order valence-electron chi connectivity index (χ1n) is 10.9. The number of halogens is 3. The fraction of sp³-hybridized carbons (Fsp3) is 0.333. The van der Waals surface area contributed by atoms with Gasteiger partial charge in [-0.15, -0.1) is 0 Å². The van der Waals surface area contributed by atoms with Gasteiger partial charge in [-0.1, -0.05) is 6.07 Å². The lowest BCUT2D eigenvalue weighted by molar-refractivity contribution is -0.137. The number of nitrogens with one attached hydrogen (secondary N) is 1. The Bertz CT molecular complexity index is 1140. The number of morpholine rings is 1. The third kappa shape index (κ3) is 5.75. The molecule has 34 heavy (non-hydrogen) atoms. The molecule has 0 bridgehead atoms. The van der Waals surface area contributed by atoms with E-state index in [2.05, 4.69) is 15.3 Å². The van der Waals surface area contributed by atoms with Gasteiger partial charge in [0.25, 0.3) is 5.91 Å². The summed E-state index contributed by atoms with van der Waals surface area (Å²) in [5.41, 5.74) is 0.960. The van der Waals surface area contributed by atoms with Crippen molar-refractivity contribution in [2.24, 2.45) is 7.05 Å². The third-order valence-electron chi connectivity index (χ3n) is 5.56. The molecule has 3 aromatic rings. The summed E-state index contributed by atoms with van der Waals surface area (Å²) in [6.07, 6.45) is -2.87. The fourth-order valence-electron chi connectivity index (χ4n) is 3.72. The number of carbonyl (C=O) groups is 1. The Hall–Kier alpha value is -3.37. The van der Waals surface area contributed by atoms with Gasteiger partial charge in [-0.3, -0.25) is 14.4 Å². The van der Waals surface area contributed by atoms with Crippen LogP contribution in [0.15, 0.2) is 54.7 Å². The average Bonchev–Trinajstić information content (AvgIpc) is 3.25. The molecule has 1 aliphatic rings. The van der Waals surface area contributed by atoms with Crippen molar-refractivity contribution in [3.63, 3.8) is 0 Å². The highest BCUT2D eigenvalue weighted by Gasteiger charge is 2.31. The molecule has 0 aliphatic carbocycles. The van der Waals surface area contributed by atoms with E-state index >= 15 is 0 Å². The van der Waals surface area contributed by atoms with Crippen LogP contribution in [0.5, 0.6) is 5.75 Å². The van der Waals surface area contributed by atoms with E-state index in [0.29, 0.717) is 36.8 Å². The summed E-state index contributed by atoms with van der Waals surface area (Å²) in [6.45, 7) is 4.36. The van der Waals surface area contributed by atoms with Gasteiger partial charge in [0, 0.05) is 49.7 Å². The lowest BCUT2D eigenvalue weighted by Gasteiger charge is -2.26. The molecule has 180 valence electrons. The number of anilines is 1. The van der Waals surface area contributed by atoms with Crippen molar-refractivity contribution in [3.8, 4) is 17.0 Å². The molecular formula is C24H25F3N4O3. The quantitative estimate of drug-likeness (QED) is 0.559. The lowest BCUT2D eigenvalue weighted by atomic mass is 10.1. The first kappa shape index (κ1) is 23.8. The van der Waals surface area contributed by atoms with Crippen LogP contribution in [0, 0.1) is 0 Å². The Kier molecular flexibility index (Phi) is 7.18. The molecule has 1 fully saturated rings. The zero-order chi connectivity index (χ0) is 24.1. The largest absolute Gasteiger partial charge is 0.492 e. The summed E-state index contributed by atoms with van der Waals surface area (Å²) >= 11 is 0. The monoisotopic (exact) mass is 474 g/mol. The second-order valence-corrected chi connectivity index (χ2v) is 7.89. The van der Waals surface area contributed by atoms with Crippen molar-refractivity contribution in [2.75, 3.05) is 44.8 Å². The fourth-order valence-corrected chi connectivity index (χ4v) is 3.72. The number of carbonyl (C=O) groups excluding carboxylic acids is 1. The molecule has 1 N–H and O–H groups in total. The highest BCUT2D eigenvalue weighted by Crippen LogP contribution is 2.33. The molecule has 4 rings (SSSR count). The maximum atomic E-state index is 13.0. The van der Waals surface area contributed by atoms with E-state index in [4.69, 9.17) is 9.47 Å². The van der Waals surface area contributed by atoms with Crippen molar-refractivity contribution < 1.29 is 27.4 Å². The van der Waals surface area contributed by atoms with E-state index in [1.165, 1.54) is 12.1 Å². The second kappa shape index (κ2) is 10.3. The van der Waals surface area contributed by atoms with Crippen molar-refractivity contribution >= 4 is 11.6 Å². The van der Waals surface area contributed by atoms with E-state index in [9.17, 15) is 18.0 Å². The molecule has 1 aliphatic heterocycles. The minimum absolute atomic E-state index is 0.0808. The molecule has 1 amide bonds. The van der Waals surface area contributed by atoms with Gasteiger partial charge in [-0.25, -0.2) is 0 Å². The Morgan fingerprint density at radius 1 is 1.15 bits per heavy atom. The number of nitrogens with zero attached hydrogens (tertiary/aromatic N) is 3. The number of alkyl halides is 3. The minimum atomic E-state index is -4.52. The number of hydrogen-bond donors (Lipinski definition) is 1. The summed E-state index contributed by atoms with van der Waals surface area (Å²) in [5, 5.41) is 6.88. The Balaban J connectivity index is 1.52. The summed E-state index contributed by atoms with van der Waals surface area (Å²) in [6, 6.07) is 11.3. The van der Waals surface area contributed by atoms with Gasteiger partial charge in [-0.05, 0) is 42.5 Å². The van der Waals surface area contributed by atoms with Gasteiger partial charge >= 0.3 is 6.18 Å². The topological polar surface area (TPSA) is 68.6 Å². The predicted octanol–water partition coefficient (Wildman–Crippen LogP) is 4.07. The highest BCUT2D eigenvalue weighted by atomic mass is 19.4. The second-order valence-electron chi connectivity index (χ2n) is 7.89. The standard InChI is InChI=1S/C24H25F3N4O3/c1-30-21(7-8-28-30)20-16-19(5-6-22(20)34-14-11-31-9-12-33-13-10-31)29-23(32)17-3-2-4-18(15-17)24(25,26)27/h2-8,15-16H,9-14H2,1H3,(H,29,32). The molecule has 0 spiro atoms. The van der Waals surface area contributed by atoms with Gasteiger partial charge in [0.2, 0.25) is 0 Å². The van der Waals surface area contributed by atoms with Crippen LogP contribution in [0.1, 0.15) is 15.9 Å². The molecule has 0 radical (unpaired) electrons. The van der Waals surface area contributed by atoms with Gasteiger partial charge in [0.05, 0.1) is 24.5 Å². The zero-order valence-corrected chi connectivity index (χ0v) is 18.6. The zero-order valence-electron chi connectivity index (χ0n) is 18.6. The number of amides is 1. The molecule has 0 atom stereocenters. The van der Waals surface area contributed by atoms with Crippen LogP contribution in [-0.2, 0) is 18.0 Å². The normalized spacial score (nSPS) is 14.7. The number of ether oxygens (including phenoxy) is 2. The molecule has 0 saturated carbocycles. The maximum absolute atomic E-state index is 13.0. The van der Waals surface area contributed by atoms with Crippen LogP contribution >= 0.6 is 0 Å². The lowest BCUT2D eigenvalue weighted by Crippen LogP contribution is -2.38. The molecule has 7 nitrogen and oxygen atoms in total. The van der Waals surface area contributed by atoms with Crippen LogP contribution in [0.25, 0.3) is 11.3 Å². The Morgan fingerprint density at radius 2 is 1.94 bits per heavy atom. The summed E-state index contributed by atoms with van der Waals surface area (Å²) in [7, 11) is 1.79. The number of rotatable bonds is 7. The van der Waals surface area contributed by atoms with E-state index in [0.717, 1.165) is 37.5 Å². The smallest absolute Gasteiger partial charge is 0.416 e. The van der Waals surface area contributed by atoms with Gasteiger partial charge in [-0.2, -0.15) is 18.3 Å². The van der Waals surface area contributed by atoms with E-state index < -0.39 is 17.6 Å². The van der Waals surface area contributed by atoms with Crippen molar-refractivity contribution in [3.05, 3.63) is 65.9 Å². The van der Waals surface area contributed by atoms with Crippen LogP contribution < -0.4 is 10.1 Å². The highest BCUT2D eigenvalue weighted by molar-refractivity contribution is 6.04. The summed E-state index contributed by atoms with van der Waals surface area (Å²) < 4.78 is 52.1. The van der Waals surface area contributed by atoms with Crippen LogP contribution in [-0.4, -0.2) is 60.0 Å². The van der Waals surface area contributed by atoms with Crippen molar-refractivity contribution in [1.29, 1.82) is 0 Å². The number of aryl methyl sites for hydroxylation is 1. The minimum Gasteiger partial charge on any atom is -0.492 e. The predicted molar refractivity (Wildman–Crippen MR) is 121 cm³/mol. The maximum Gasteiger partial charge on any atom is 0.416 e. The molecule has 1 aromatic heterocycles. The Morgan fingerprint density at radius 3 is 2.65 bits per heavy atom. The van der Waals surface area contributed by atoms with Gasteiger partial charge < -0.3 is 14.8 Å². The summed E-state index contributed by atoms with van der Waals surface area (Å²) in [5.74, 6) is -0.0167. The SMILES string of the molecule is Cn1nccc1-c1cc(NC(=O)c2cccc(C(F)(F)F)c2)ccc1OCCN1CCOCC1. The molecule has 10 heteroatoms. The van der Waals surface area contributed by atoms with Crippen LogP contribution in [0.2, 0.25) is 0 Å². The number of benzene rings is 2. The first-order valence-corrected chi connectivity index (χ1v) is 10.9. The average molecular weight is 474 g/mol. The first-order chi connectivity index (χ1) is 16.3. The molecule has 2 aromatic carbocycles. The Labute approximate surface area is 195 Å². The van der Waals surface area contributed by atoms with Gasteiger partial charge in [0.1, 0.15) is 12.4 Å². The van der Waals surface area contributed by atoms with E-state index in [1.54, 1.807) is 36.1 Å². The van der Waals surface area contributed by atoms with Gasteiger partial charge in [0.15, 0.2) is 0 Å². The van der Waals surface area contributed by atoms with E-state index in [-0.39, 0.29) is 5.56 Å². The molecule has 0 unspecified atom stereocenters.